The largest absolute Gasteiger partial charge is 0.495 e. The minimum Gasteiger partial charge on any atom is -0.495 e. The molecule has 1 aliphatic heterocycles. The smallest absolute Gasteiger partial charge is 0.319 e. The molecular weight excluding hydrogens is 400 g/mol. The number of nitrogens with zero attached hydrogens (tertiary/aromatic N) is 2. The summed E-state index contributed by atoms with van der Waals surface area (Å²) in [6.45, 7) is 4.43. The molecule has 0 unspecified atom stereocenters. The number of rotatable bonds is 7. The Hall–Kier alpha value is -3.51. The molecule has 3 aromatic rings. The van der Waals surface area contributed by atoms with E-state index in [1.165, 1.54) is 0 Å². The van der Waals surface area contributed by atoms with Crippen molar-refractivity contribution in [2.75, 3.05) is 50.1 Å². The molecule has 166 valence electrons. The number of methoxy groups -OCH3 is 1. The fourth-order valence-corrected chi connectivity index (χ4v) is 4.09. The van der Waals surface area contributed by atoms with Gasteiger partial charge < -0.3 is 20.3 Å². The van der Waals surface area contributed by atoms with Crippen molar-refractivity contribution in [3.05, 3.63) is 90.5 Å². The molecule has 1 aliphatic rings. The first-order valence-corrected chi connectivity index (χ1v) is 11.0. The fourth-order valence-electron chi connectivity index (χ4n) is 4.09. The molecule has 1 heterocycles. The summed E-state index contributed by atoms with van der Waals surface area (Å²) in [6.07, 6.45) is 0. The van der Waals surface area contributed by atoms with Crippen molar-refractivity contribution in [1.82, 2.24) is 10.2 Å². The van der Waals surface area contributed by atoms with Gasteiger partial charge in [-0.3, -0.25) is 4.90 Å². The Morgan fingerprint density at radius 3 is 2.19 bits per heavy atom. The summed E-state index contributed by atoms with van der Waals surface area (Å²) in [7, 11) is 1.71. The van der Waals surface area contributed by atoms with Gasteiger partial charge in [-0.2, -0.15) is 0 Å². The Morgan fingerprint density at radius 1 is 0.875 bits per heavy atom. The number of benzene rings is 3. The monoisotopic (exact) mass is 430 g/mol. The van der Waals surface area contributed by atoms with Crippen LogP contribution < -0.4 is 20.3 Å². The highest BCUT2D eigenvalue weighted by Gasteiger charge is 2.23. The number of urea groups is 1. The molecular formula is C26H30N4O2. The number of nitrogens with one attached hydrogen (secondary N) is 2. The van der Waals surface area contributed by atoms with Gasteiger partial charge in [0.15, 0.2) is 0 Å². The molecule has 4 rings (SSSR count). The normalized spacial score (nSPS) is 15.1. The van der Waals surface area contributed by atoms with E-state index < -0.39 is 0 Å². The van der Waals surface area contributed by atoms with Crippen LogP contribution in [0.1, 0.15) is 11.6 Å². The average Bonchev–Trinajstić information content (AvgIpc) is 2.85. The zero-order chi connectivity index (χ0) is 22.2. The van der Waals surface area contributed by atoms with Crippen LogP contribution >= 0.6 is 0 Å². The third-order valence-electron chi connectivity index (χ3n) is 5.78. The highest BCUT2D eigenvalue weighted by molar-refractivity contribution is 5.89. The van der Waals surface area contributed by atoms with Crippen LogP contribution in [0.2, 0.25) is 0 Å². The zero-order valence-electron chi connectivity index (χ0n) is 18.4. The SMILES string of the molecule is COc1ccccc1N1CCN(C[C@@H](NC(=O)Nc2ccccc2)c2ccccc2)CC1. The van der Waals surface area contributed by atoms with Gasteiger partial charge in [-0.1, -0.05) is 60.7 Å². The van der Waals surface area contributed by atoms with Crippen molar-refractivity contribution in [2.24, 2.45) is 0 Å². The minimum absolute atomic E-state index is 0.0993. The van der Waals surface area contributed by atoms with E-state index in [4.69, 9.17) is 4.74 Å². The van der Waals surface area contributed by atoms with Crippen LogP contribution in [0.15, 0.2) is 84.9 Å². The van der Waals surface area contributed by atoms with Gasteiger partial charge in [0.05, 0.1) is 18.8 Å². The van der Waals surface area contributed by atoms with Gasteiger partial charge in [-0.05, 0) is 29.8 Å². The molecule has 0 aliphatic carbocycles. The number of ether oxygens (including phenoxy) is 1. The lowest BCUT2D eigenvalue weighted by molar-refractivity contribution is 0.220. The number of carbonyl (C=O) groups is 1. The Balaban J connectivity index is 1.39. The second kappa shape index (κ2) is 10.7. The van der Waals surface area contributed by atoms with Gasteiger partial charge >= 0.3 is 6.03 Å². The lowest BCUT2D eigenvalue weighted by Crippen LogP contribution is -2.49. The van der Waals surface area contributed by atoms with Crippen LogP contribution in [0.25, 0.3) is 0 Å². The third-order valence-corrected chi connectivity index (χ3v) is 5.78. The Kier molecular flexibility index (Phi) is 7.25. The number of piperazine rings is 1. The van der Waals surface area contributed by atoms with E-state index in [9.17, 15) is 4.79 Å². The number of amides is 2. The maximum atomic E-state index is 12.7. The van der Waals surface area contributed by atoms with E-state index in [1.807, 2.05) is 66.7 Å². The molecule has 1 saturated heterocycles. The van der Waals surface area contributed by atoms with E-state index in [1.54, 1.807) is 7.11 Å². The highest BCUT2D eigenvalue weighted by atomic mass is 16.5. The maximum Gasteiger partial charge on any atom is 0.319 e. The van der Waals surface area contributed by atoms with Crippen molar-refractivity contribution >= 4 is 17.4 Å². The van der Waals surface area contributed by atoms with Gasteiger partial charge in [0.1, 0.15) is 5.75 Å². The number of anilines is 2. The van der Waals surface area contributed by atoms with Crippen molar-refractivity contribution in [3.8, 4) is 5.75 Å². The molecule has 1 fully saturated rings. The molecule has 0 radical (unpaired) electrons. The molecule has 6 heteroatoms. The average molecular weight is 431 g/mol. The molecule has 0 saturated carbocycles. The second-order valence-corrected chi connectivity index (χ2v) is 7.89. The van der Waals surface area contributed by atoms with Gasteiger partial charge in [0.2, 0.25) is 0 Å². The summed E-state index contributed by atoms with van der Waals surface area (Å²) >= 11 is 0. The summed E-state index contributed by atoms with van der Waals surface area (Å²) in [4.78, 5) is 17.5. The summed E-state index contributed by atoms with van der Waals surface area (Å²) in [5.41, 5.74) is 3.01. The third kappa shape index (κ3) is 5.59. The predicted octanol–water partition coefficient (Wildman–Crippen LogP) is 4.38. The van der Waals surface area contributed by atoms with Crippen LogP contribution in [-0.4, -0.2) is 50.8 Å². The fraction of sp³-hybridized carbons (Fsp3) is 0.269. The molecule has 0 bridgehead atoms. The predicted molar refractivity (Wildman–Crippen MR) is 129 cm³/mol. The second-order valence-electron chi connectivity index (χ2n) is 7.89. The Labute approximate surface area is 189 Å². The van der Waals surface area contributed by atoms with E-state index in [0.29, 0.717) is 0 Å². The van der Waals surface area contributed by atoms with E-state index in [-0.39, 0.29) is 12.1 Å². The first kappa shape index (κ1) is 21.7. The van der Waals surface area contributed by atoms with Crippen molar-refractivity contribution in [3.63, 3.8) is 0 Å². The quantitative estimate of drug-likeness (QED) is 0.584. The van der Waals surface area contributed by atoms with E-state index in [0.717, 1.165) is 55.4 Å². The van der Waals surface area contributed by atoms with Gasteiger partial charge in [0.25, 0.3) is 0 Å². The first-order chi connectivity index (χ1) is 15.7. The number of para-hydroxylation sites is 3. The Morgan fingerprint density at radius 2 is 1.50 bits per heavy atom. The standard InChI is InChI=1S/C26H30N4O2/c1-32-25-15-9-8-14-24(25)30-18-16-29(17-19-30)20-23(21-10-4-2-5-11-21)28-26(31)27-22-12-6-3-7-13-22/h2-15,23H,16-20H2,1H3,(H2,27,28,31)/t23-/m1/s1. The molecule has 2 amide bonds. The lowest BCUT2D eigenvalue weighted by atomic mass is 10.1. The van der Waals surface area contributed by atoms with Crippen LogP contribution in [0, 0.1) is 0 Å². The number of hydrogen-bond donors (Lipinski definition) is 2. The molecule has 3 aromatic carbocycles. The lowest BCUT2D eigenvalue weighted by Gasteiger charge is -2.38. The number of carbonyl (C=O) groups excluding carboxylic acids is 1. The molecule has 32 heavy (non-hydrogen) atoms. The van der Waals surface area contributed by atoms with Gasteiger partial charge in [-0.15, -0.1) is 0 Å². The zero-order valence-corrected chi connectivity index (χ0v) is 18.4. The van der Waals surface area contributed by atoms with Crippen LogP contribution in [0.3, 0.4) is 0 Å². The van der Waals surface area contributed by atoms with Crippen LogP contribution in [0.4, 0.5) is 16.2 Å². The molecule has 0 spiro atoms. The van der Waals surface area contributed by atoms with E-state index in [2.05, 4.69) is 38.6 Å². The minimum atomic E-state index is -0.197. The molecule has 2 N–H and O–H groups in total. The highest BCUT2D eigenvalue weighted by Crippen LogP contribution is 2.28. The maximum absolute atomic E-state index is 12.7. The summed E-state index contributed by atoms with van der Waals surface area (Å²) in [5, 5.41) is 6.09. The van der Waals surface area contributed by atoms with Gasteiger partial charge in [0, 0.05) is 38.4 Å². The van der Waals surface area contributed by atoms with Crippen molar-refractivity contribution in [2.45, 2.75) is 6.04 Å². The summed E-state index contributed by atoms with van der Waals surface area (Å²) in [5.74, 6) is 0.905. The van der Waals surface area contributed by atoms with Crippen LogP contribution in [0.5, 0.6) is 5.75 Å². The topological polar surface area (TPSA) is 56.8 Å². The van der Waals surface area contributed by atoms with Gasteiger partial charge in [-0.25, -0.2) is 4.79 Å². The van der Waals surface area contributed by atoms with Crippen LogP contribution in [-0.2, 0) is 0 Å². The van der Waals surface area contributed by atoms with Crippen molar-refractivity contribution in [1.29, 1.82) is 0 Å². The molecule has 1 atom stereocenters. The molecule has 0 aromatic heterocycles. The van der Waals surface area contributed by atoms with Crippen molar-refractivity contribution < 1.29 is 9.53 Å². The number of hydrogen-bond acceptors (Lipinski definition) is 4. The molecule has 6 nitrogen and oxygen atoms in total. The Bertz CT molecular complexity index is 989. The summed E-state index contributed by atoms with van der Waals surface area (Å²) in [6, 6.07) is 27.5. The first-order valence-electron chi connectivity index (χ1n) is 11.0. The van der Waals surface area contributed by atoms with E-state index >= 15 is 0 Å². The summed E-state index contributed by atoms with van der Waals surface area (Å²) < 4.78 is 5.53.